The standard InChI is InChI=1S/C20H17F4NO3S/c21-12-2-1-3-13(10-12)29(26,27)14-4-5-18-16(11-14)15-7-9-25-17(19(15)28-18)6-8-20(22,23)24/h1-5,10-11,17,25H,6-9H2. The van der Waals surface area contributed by atoms with Crippen molar-refractivity contribution >= 4 is 20.8 Å². The van der Waals surface area contributed by atoms with Gasteiger partial charge in [-0.25, -0.2) is 12.8 Å². The molecule has 0 fully saturated rings. The molecule has 1 N–H and O–H groups in total. The fourth-order valence-corrected chi connectivity index (χ4v) is 4.95. The zero-order valence-corrected chi connectivity index (χ0v) is 15.9. The van der Waals surface area contributed by atoms with Crippen LogP contribution in [0.3, 0.4) is 0 Å². The number of rotatable bonds is 4. The third-order valence-corrected chi connectivity index (χ3v) is 6.76. The van der Waals surface area contributed by atoms with Gasteiger partial charge in [0, 0.05) is 23.9 Å². The van der Waals surface area contributed by atoms with Gasteiger partial charge in [-0.15, -0.1) is 0 Å². The van der Waals surface area contributed by atoms with Crippen LogP contribution in [-0.4, -0.2) is 21.1 Å². The number of hydrogen-bond acceptors (Lipinski definition) is 4. The van der Waals surface area contributed by atoms with Crippen LogP contribution < -0.4 is 5.32 Å². The molecule has 29 heavy (non-hydrogen) atoms. The molecule has 1 aliphatic heterocycles. The van der Waals surface area contributed by atoms with Gasteiger partial charge in [0.1, 0.15) is 17.2 Å². The average molecular weight is 427 g/mol. The van der Waals surface area contributed by atoms with Crippen molar-refractivity contribution in [2.24, 2.45) is 0 Å². The lowest BCUT2D eigenvalue weighted by Crippen LogP contribution is -2.30. The van der Waals surface area contributed by atoms with Gasteiger partial charge in [-0.2, -0.15) is 13.2 Å². The fraction of sp³-hybridized carbons (Fsp3) is 0.300. The maximum absolute atomic E-state index is 13.5. The molecule has 1 unspecified atom stereocenters. The van der Waals surface area contributed by atoms with E-state index in [0.717, 1.165) is 12.1 Å². The van der Waals surface area contributed by atoms with E-state index in [2.05, 4.69) is 5.32 Å². The molecule has 0 radical (unpaired) electrons. The molecule has 1 aromatic heterocycles. The zero-order chi connectivity index (χ0) is 20.8. The summed E-state index contributed by atoms with van der Waals surface area (Å²) < 4.78 is 82.8. The number of fused-ring (bicyclic) bond motifs is 3. The topological polar surface area (TPSA) is 59.3 Å². The van der Waals surface area contributed by atoms with Crippen molar-refractivity contribution in [1.29, 1.82) is 0 Å². The summed E-state index contributed by atoms with van der Waals surface area (Å²) in [5.74, 6) is -0.248. The Labute approximate surface area is 164 Å². The number of alkyl halides is 3. The Morgan fingerprint density at radius 3 is 2.59 bits per heavy atom. The van der Waals surface area contributed by atoms with Gasteiger partial charge in [-0.05, 0) is 49.2 Å². The number of furan rings is 1. The molecule has 1 aliphatic rings. The molecule has 4 rings (SSSR count). The third-order valence-electron chi connectivity index (χ3n) is 5.01. The van der Waals surface area contributed by atoms with Crippen LogP contribution in [0.5, 0.6) is 0 Å². The SMILES string of the molecule is O=S(=O)(c1cccc(F)c1)c1ccc2oc3c(c2c1)CCNC3CCC(F)(F)F. The largest absolute Gasteiger partial charge is 0.459 e. The smallest absolute Gasteiger partial charge is 0.389 e. The van der Waals surface area contributed by atoms with Crippen molar-refractivity contribution < 1.29 is 30.4 Å². The molecule has 0 bridgehead atoms. The first-order chi connectivity index (χ1) is 13.6. The van der Waals surface area contributed by atoms with E-state index in [1.807, 2.05) is 0 Å². The van der Waals surface area contributed by atoms with E-state index in [0.29, 0.717) is 35.3 Å². The van der Waals surface area contributed by atoms with Crippen molar-refractivity contribution in [3.8, 4) is 0 Å². The summed E-state index contributed by atoms with van der Waals surface area (Å²) >= 11 is 0. The van der Waals surface area contributed by atoms with Crippen LogP contribution in [0, 0.1) is 5.82 Å². The van der Waals surface area contributed by atoms with E-state index < -0.39 is 34.3 Å². The molecule has 0 saturated carbocycles. The molecule has 2 heterocycles. The lowest BCUT2D eigenvalue weighted by atomic mass is 9.97. The molecular weight excluding hydrogens is 410 g/mol. The molecular formula is C20H17F4NO3S. The molecule has 9 heteroatoms. The molecule has 0 amide bonds. The Balaban J connectivity index is 1.74. The van der Waals surface area contributed by atoms with Gasteiger partial charge in [0.25, 0.3) is 0 Å². The minimum absolute atomic E-state index is 0.0235. The van der Waals surface area contributed by atoms with E-state index in [1.165, 1.54) is 30.3 Å². The van der Waals surface area contributed by atoms with Crippen LogP contribution in [0.4, 0.5) is 17.6 Å². The molecule has 3 aromatic rings. The number of sulfone groups is 1. The van der Waals surface area contributed by atoms with Crippen LogP contribution in [0.2, 0.25) is 0 Å². The minimum Gasteiger partial charge on any atom is -0.459 e. The summed E-state index contributed by atoms with van der Waals surface area (Å²) in [6.07, 6.45) is -4.86. The second-order valence-electron chi connectivity index (χ2n) is 6.97. The highest BCUT2D eigenvalue weighted by atomic mass is 32.2. The minimum atomic E-state index is -4.27. The summed E-state index contributed by atoms with van der Waals surface area (Å²) in [4.78, 5) is -0.191. The Morgan fingerprint density at radius 2 is 1.86 bits per heavy atom. The quantitative estimate of drug-likeness (QED) is 0.600. The van der Waals surface area contributed by atoms with Gasteiger partial charge < -0.3 is 9.73 Å². The Hall–Kier alpha value is -2.39. The monoisotopic (exact) mass is 427 g/mol. The predicted octanol–water partition coefficient (Wildman–Crippen LogP) is 4.93. The third kappa shape index (κ3) is 3.89. The maximum Gasteiger partial charge on any atom is 0.389 e. The average Bonchev–Trinajstić information content (AvgIpc) is 3.04. The van der Waals surface area contributed by atoms with Gasteiger partial charge in [-0.3, -0.25) is 0 Å². The fourth-order valence-electron chi connectivity index (χ4n) is 3.63. The summed E-state index contributed by atoms with van der Waals surface area (Å²) in [5.41, 5.74) is 1.12. The van der Waals surface area contributed by atoms with E-state index in [9.17, 15) is 26.0 Å². The molecule has 0 spiro atoms. The maximum atomic E-state index is 13.5. The first-order valence-corrected chi connectivity index (χ1v) is 10.5. The van der Waals surface area contributed by atoms with Crippen molar-refractivity contribution in [2.75, 3.05) is 6.54 Å². The number of nitrogens with one attached hydrogen (secondary N) is 1. The van der Waals surface area contributed by atoms with Crippen molar-refractivity contribution in [3.63, 3.8) is 0 Å². The van der Waals surface area contributed by atoms with Gasteiger partial charge >= 0.3 is 6.18 Å². The van der Waals surface area contributed by atoms with E-state index in [4.69, 9.17) is 4.42 Å². The number of benzene rings is 2. The van der Waals surface area contributed by atoms with Crippen molar-refractivity contribution in [2.45, 2.75) is 41.3 Å². The Kier molecular flexibility index (Phi) is 4.90. The highest BCUT2D eigenvalue weighted by Gasteiger charge is 2.33. The van der Waals surface area contributed by atoms with Crippen LogP contribution in [0.25, 0.3) is 11.0 Å². The second kappa shape index (κ2) is 7.14. The first kappa shape index (κ1) is 19.9. The molecule has 0 aliphatic carbocycles. The van der Waals surface area contributed by atoms with Crippen LogP contribution in [0.1, 0.15) is 30.2 Å². The summed E-state index contributed by atoms with van der Waals surface area (Å²) in [5, 5.41) is 3.58. The van der Waals surface area contributed by atoms with E-state index in [1.54, 1.807) is 0 Å². The summed E-state index contributed by atoms with van der Waals surface area (Å²) in [7, 11) is -3.95. The van der Waals surface area contributed by atoms with Gasteiger partial charge in [0.05, 0.1) is 15.8 Å². The molecule has 2 aromatic carbocycles. The highest BCUT2D eigenvalue weighted by molar-refractivity contribution is 7.91. The normalized spacial score (nSPS) is 17.4. The number of hydrogen-bond donors (Lipinski definition) is 1. The van der Waals surface area contributed by atoms with Crippen LogP contribution >= 0.6 is 0 Å². The first-order valence-electron chi connectivity index (χ1n) is 9.01. The van der Waals surface area contributed by atoms with Crippen molar-refractivity contribution in [3.05, 3.63) is 59.6 Å². The van der Waals surface area contributed by atoms with Gasteiger partial charge in [-0.1, -0.05) is 6.07 Å². The number of halogens is 4. The Morgan fingerprint density at radius 1 is 1.10 bits per heavy atom. The second-order valence-corrected chi connectivity index (χ2v) is 8.92. The zero-order valence-electron chi connectivity index (χ0n) is 15.1. The van der Waals surface area contributed by atoms with E-state index >= 15 is 0 Å². The molecule has 154 valence electrons. The van der Waals surface area contributed by atoms with Crippen LogP contribution in [-0.2, 0) is 16.3 Å². The Bertz CT molecular complexity index is 1170. The molecule has 4 nitrogen and oxygen atoms in total. The van der Waals surface area contributed by atoms with Gasteiger partial charge in [0.15, 0.2) is 0 Å². The van der Waals surface area contributed by atoms with Gasteiger partial charge in [0.2, 0.25) is 9.84 Å². The summed E-state index contributed by atoms with van der Waals surface area (Å²) in [6, 6.07) is 8.43. The molecule has 0 saturated heterocycles. The predicted molar refractivity (Wildman–Crippen MR) is 97.8 cm³/mol. The van der Waals surface area contributed by atoms with Crippen molar-refractivity contribution in [1.82, 2.24) is 5.32 Å². The molecule has 1 atom stereocenters. The van der Waals surface area contributed by atoms with E-state index in [-0.39, 0.29) is 16.2 Å². The highest BCUT2D eigenvalue weighted by Crippen LogP contribution is 2.38. The lowest BCUT2D eigenvalue weighted by Gasteiger charge is -2.23. The lowest BCUT2D eigenvalue weighted by molar-refractivity contribution is -0.137. The van der Waals surface area contributed by atoms with Crippen LogP contribution in [0.15, 0.2) is 56.7 Å². The summed E-state index contributed by atoms with van der Waals surface area (Å²) in [6.45, 7) is 0.463.